The smallest absolute Gasteiger partial charge is 0.212 e. The van der Waals surface area contributed by atoms with Crippen LogP contribution >= 0.6 is 0 Å². The van der Waals surface area contributed by atoms with Crippen molar-refractivity contribution in [2.45, 2.75) is 6.92 Å². The summed E-state index contributed by atoms with van der Waals surface area (Å²) in [6, 6.07) is 0. The lowest BCUT2D eigenvalue weighted by atomic mass is 10.3. The van der Waals surface area contributed by atoms with Crippen molar-refractivity contribution in [3.05, 3.63) is 29.3 Å². The van der Waals surface area contributed by atoms with Crippen LogP contribution in [0.1, 0.15) is 5.56 Å². The summed E-state index contributed by atoms with van der Waals surface area (Å²) in [5.74, 6) is -3.53. The Morgan fingerprint density at radius 1 is 1.30 bits per heavy atom. The molecule has 1 rings (SSSR count). The Balaban J connectivity index is 3.34. The van der Waals surface area contributed by atoms with E-state index < -0.39 is 23.1 Å². The van der Waals surface area contributed by atoms with Gasteiger partial charge in [-0.2, -0.15) is 4.39 Å². The summed E-state index contributed by atoms with van der Waals surface area (Å²) in [7, 11) is 0. The molecule has 1 aromatic heterocycles. The molecule has 0 saturated carbocycles. The fraction of sp³-hybridized carbons (Fsp3) is 0.167. The van der Waals surface area contributed by atoms with Gasteiger partial charge in [0.2, 0.25) is 5.95 Å². The second-order valence-electron chi connectivity index (χ2n) is 1.77. The van der Waals surface area contributed by atoms with Gasteiger partial charge in [0.15, 0.2) is 11.6 Å². The van der Waals surface area contributed by atoms with E-state index in [4.69, 9.17) is 0 Å². The van der Waals surface area contributed by atoms with Crippen LogP contribution in [0.15, 0.2) is 0 Å². The van der Waals surface area contributed by atoms with Crippen molar-refractivity contribution < 1.29 is 13.2 Å². The van der Waals surface area contributed by atoms with Crippen molar-refractivity contribution in [1.29, 1.82) is 0 Å². The molecule has 0 aromatic carbocycles. The third-order valence-electron chi connectivity index (χ3n) is 1.09. The summed E-state index contributed by atoms with van der Waals surface area (Å²) < 4.78 is 36.6. The van der Waals surface area contributed by atoms with Crippen LogP contribution in [0.5, 0.6) is 0 Å². The van der Waals surface area contributed by atoms with Crippen molar-refractivity contribution in [3.63, 3.8) is 0 Å². The summed E-state index contributed by atoms with van der Waals surface area (Å²) in [5, 5.41) is 0. The topological polar surface area (TPSA) is 12.9 Å². The Kier molecular flexibility index (Phi) is 1.61. The van der Waals surface area contributed by atoms with Crippen LogP contribution in [-0.4, -0.2) is 4.98 Å². The van der Waals surface area contributed by atoms with E-state index >= 15 is 0 Å². The van der Waals surface area contributed by atoms with Crippen LogP contribution in [0.25, 0.3) is 0 Å². The van der Waals surface area contributed by atoms with Gasteiger partial charge in [-0.15, -0.1) is 0 Å². The van der Waals surface area contributed by atoms with Gasteiger partial charge in [-0.05, 0) is 6.92 Å². The van der Waals surface area contributed by atoms with Crippen LogP contribution < -0.4 is 0 Å². The first-order valence-corrected chi connectivity index (χ1v) is 2.51. The lowest BCUT2D eigenvalue weighted by molar-refractivity contribution is 0.455. The van der Waals surface area contributed by atoms with Gasteiger partial charge >= 0.3 is 0 Å². The predicted molar refractivity (Wildman–Crippen MR) is 27.7 cm³/mol. The number of pyridine rings is 1. The molecule has 0 N–H and O–H groups in total. The second-order valence-corrected chi connectivity index (χ2v) is 1.77. The highest BCUT2D eigenvalue weighted by Crippen LogP contribution is 2.10. The Labute approximate surface area is 55.5 Å². The molecule has 1 aromatic rings. The summed E-state index contributed by atoms with van der Waals surface area (Å²) in [5.41, 5.74) is -0.396. The highest BCUT2D eigenvalue weighted by Gasteiger charge is 2.10. The molecule has 0 unspecified atom stereocenters. The van der Waals surface area contributed by atoms with E-state index in [1.807, 2.05) is 0 Å². The quantitative estimate of drug-likeness (QED) is 0.506. The summed E-state index contributed by atoms with van der Waals surface area (Å²) in [4.78, 5) is 2.70. The first-order chi connectivity index (χ1) is 4.63. The third kappa shape index (κ3) is 0.964. The maximum absolute atomic E-state index is 12.3. The van der Waals surface area contributed by atoms with Crippen molar-refractivity contribution in [2.75, 3.05) is 0 Å². The van der Waals surface area contributed by atoms with Gasteiger partial charge in [-0.3, -0.25) is 0 Å². The molecule has 1 radical (unpaired) electrons. The van der Waals surface area contributed by atoms with Gasteiger partial charge in [0.25, 0.3) is 0 Å². The number of hydrogen-bond donors (Lipinski definition) is 0. The Morgan fingerprint density at radius 2 is 1.90 bits per heavy atom. The minimum atomic E-state index is -1.32. The molecule has 0 spiro atoms. The molecule has 1 nitrogen and oxygen atoms in total. The molecule has 10 heavy (non-hydrogen) atoms. The average Bonchev–Trinajstić information content (AvgIpc) is 1.93. The molecular weight excluding hydrogens is 143 g/mol. The summed E-state index contributed by atoms with van der Waals surface area (Å²) >= 11 is 0. The number of halogens is 3. The van der Waals surface area contributed by atoms with Crippen molar-refractivity contribution >= 4 is 0 Å². The van der Waals surface area contributed by atoms with E-state index in [-0.39, 0.29) is 0 Å². The predicted octanol–water partition coefficient (Wildman–Crippen LogP) is 1.61. The van der Waals surface area contributed by atoms with E-state index in [1.54, 1.807) is 6.20 Å². The molecule has 1 heterocycles. The van der Waals surface area contributed by atoms with Gasteiger partial charge in [-0.25, -0.2) is 13.8 Å². The highest BCUT2D eigenvalue weighted by molar-refractivity contribution is 5.12. The zero-order valence-corrected chi connectivity index (χ0v) is 5.08. The maximum atomic E-state index is 12.3. The first kappa shape index (κ1) is 7.05. The van der Waals surface area contributed by atoms with Gasteiger partial charge in [0, 0.05) is 5.56 Å². The normalized spacial score (nSPS) is 10.0. The molecule has 0 bridgehead atoms. The monoisotopic (exact) mass is 146 g/mol. The SMILES string of the molecule is Cc1c(F)[c]nc(F)c1F. The van der Waals surface area contributed by atoms with E-state index in [1.165, 1.54) is 0 Å². The van der Waals surface area contributed by atoms with Gasteiger partial charge in [-0.1, -0.05) is 0 Å². The molecule has 0 atom stereocenters. The zero-order chi connectivity index (χ0) is 7.72. The van der Waals surface area contributed by atoms with Crippen LogP contribution in [-0.2, 0) is 0 Å². The van der Waals surface area contributed by atoms with Crippen molar-refractivity contribution in [1.82, 2.24) is 4.98 Å². The van der Waals surface area contributed by atoms with Gasteiger partial charge < -0.3 is 0 Å². The minimum absolute atomic E-state index is 0.396. The Morgan fingerprint density at radius 3 is 2.40 bits per heavy atom. The average molecular weight is 146 g/mol. The molecule has 0 fully saturated rings. The van der Waals surface area contributed by atoms with E-state index in [0.29, 0.717) is 0 Å². The standard InChI is InChI=1S/C6H3F3N/c1-3-4(7)2-10-6(9)5(3)8/h1H3. The molecule has 53 valence electrons. The maximum Gasteiger partial charge on any atom is 0.250 e. The number of aromatic nitrogens is 1. The molecule has 0 aliphatic rings. The summed E-state index contributed by atoms with van der Waals surface area (Å²) in [6.07, 6.45) is 1.68. The summed E-state index contributed by atoms with van der Waals surface area (Å²) in [6.45, 7) is 1.12. The fourth-order valence-corrected chi connectivity index (χ4v) is 0.482. The molecule has 4 heteroatoms. The van der Waals surface area contributed by atoms with Crippen LogP contribution in [0, 0.1) is 30.7 Å². The largest absolute Gasteiger partial charge is 0.250 e. The van der Waals surface area contributed by atoms with Crippen LogP contribution in [0.3, 0.4) is 0 Å². The van der Waals surface area contributed by atoms with E-state index in [9.17, 15) is 13.2 Å². The molecule has 0 amide bonds. The Hall–Kier alpha value is -1.06. The lowest BCUT2D eigenvalue weighted by Crippen LogP contribution is -1.96. The molecule has 0 saturated heterocycles. The number of nitrogens with zero attached hydrogens (tertiary/aromatic N) is 1. The number of hydrogen-bond acceptors (Lipinski definition) is 1. The van der Waals surface area contributed by atoms with Crippen molar-refractivity contribution in [3.8, 4) is 0 Å². The molecular formula is C6H3F3N. The van der Waals surface area contributed by atoms with Gasteiger partial charge in [0.05, 0.1) is 0 Å². The molecule has 0 aliphatic carbocycles. The van der Waals surface area contributed by atoms with Gasteiger partial charge in [0.1, 0.15) is 6.20 Å². The first-order valence-electron chi connectivity index (χ1n) is 2.51. The zero-order valence-electron chi connectivity index (χ0n) is 5.08. The lowest BCUT2D eigenvalue weighted by Gasteiger charge is -1.95. The van der Waals surface area contributed by atoms with Crippen molar-refractivity contribution in [2.24, 2.45) is 0 Å². The van der Waals surface area contributed by atoms with E-state index in [2.05, 4.69) is 4.98 Å². The third-order valence-corrected chi connectivity index (χ3v) is 1.09. The van der Waals surface area contributed by atoms with Crippen LogP contribution in [0.2, 0.25) is 0 Å². The van der Waals surface area contributed by atoms with Crippen LogP contribution in [0.4, 0.5) is 13.2 Å². The van der Waals surface area contributed by atoms with E-state index in [0.717, 1.165) is 6.92 Å². The minimum Gasteiger partial charge on any atom is -0.212 e. The highest BCUT2D eigenvalue weighted by atomic mass is 19.2. The fourth-order valence-electron chi connectivity index (χ4n) is 0.482. The second kappa shape index (κ2) is 2.28. The molecule has 0 aliphatic heterocycles. The Bertz CT molecular complexity index is 232. The number of rotatable bonds is 0.